The van der Waals surface area contributed by atoms with E-state index in [0.29, 0.717) is 13.0 Å². The fourth-order valence-electron chi connectivity index (χ4n) is 2.26. The van der Waals surface area contributed by atoms with Gasteiger partial charge in [0.2, 0.25) is 0 Å². The molecule has 0 radical (unpaired) electrons. The molecule has 1 unspecified atom stereocenters. The number of aryl methyl sites for hydroxylation is 1. The number of benzene rings is 1. The first-order valence-electron chi connectivity index (χ1n) is 6.77. The van der Waals surface area contributed by atoms with Gasteiger partial charge in [0, 0.05) is 23.2 Å². The molecule has 4 heteroatoms. The third kappa shape index (κ3) is 3.85. The van der Waals surface area contributed by atoms with Gasteiger partial charge in [-0.1, -0.05) is 18.5 Å². The molecule has 19 heavy (non-hydrogen) atoms. The van der Waals surface area contributed by atoms with Crippen LogP contribution in [0, 0.1) is 13.8 Å². The van der Waals surface area contributed by atoms with Gasteiger partial charge in [-0.3, -0.25) is 0 Å². The predicted octanol–water partition coefficient (Wildman–Crippen LogP) is 3.39. The molecular formula is C15H24ClNO2. The highest BCUT2D eigenvalue weighted by atomic mass is 35.5. The van der Waals surface area contributed by atoms with E-state index in [1.54, 1.807) is 0 Å². The summed E-state index contributed by atoms with van der Waals surface area (Å²) in [5, 5.41) is 13.2. The predicted molar refractivity (Wildman–Crippen MR) is 80.2 cm³/mol. The lowest BCUT2D eigenvalue weighted by Gasteiger charge is -2.23. The van der Waals surface area contributed by atoms with Gasteiger partial charge in [-0.25, -0.2) is 0 Å². The van der Waals surface area contributed by atoms with Crippen LogP contribution in [0.4, 0.5) is 0 Å². The zero-order valence-electron chi connectivity index (χ0n) is 12.2. The van der Waals surface area contributed by atoms with Crippen LogP contribution < -0.4 is 10.1 Å². The molecule has 0 saturated heterocycles. The summed E-state index contributed by atoms with van der Waals surface area (Å²) in [5.41, 5.74) is 3.11. The number of nitrogens with one attached hydrogen (secondary N) is 1. The van der Waals surface area contributed by atoms with Crippen molar-refractivity contribution in [2.45, 2.75) is 39.7 Å². The van der Waals surface area contributed by atoms with Crippen molar-refractivity contribution in [2.24, 2.45) is 0 Å². The lowest BCUT2D eigenvalue weighted by molar-refractivity contribution is 0.263. The number of hydrogen-bond acceptors (Lipinski definition) is 3. The minimum atomic E-state index is 0.0509. The van der Waals surface area contributed by atoms with Crippen molar-refractivity contribution in [3.63, 3.8) is 0 Å². The lowest BCUT2D eigenvalue weighted by atomic mass is 9.96. The molecule has 1 atom stereocenters. The molecule has 0 heterocycles. The molecule has 0 fully saturated rings. The van der Waals surface area contributed by atoms with Crippen LogP contribution >= 0.6 is 11.6 Å². The first-order chi connectivity index (χ1) is 9.06. The van der Waals surface area contributed by atoms with E-state index >= 15 is 0 Å². The van der Waals surface area contributed by atoms with E-state index in [4.69, 9.17) is 16.3 Å². The van der Waals surface area contributed by atoms with Gasteiger partial charge >= 0.3 is 0 Å². The van der Waals surface area contributed by atoms with E-state index < -0.39 is 0 Å². The van der Waals surface area contributed by atoms with Crippen molar-refractivity contribution in [2.75, 3.05) is 20.3 Å². The second-order valence-corrected chi connectivity index (χ2v) is 5.12. The highest BCUT2D eigenvalue weighted by Crippen LogP contribution is 2.36. The largest absolute Gasteiger partial charge is 0.493 e. The molecule has 1 aromatic carbocycles. The van der Waals surface area contributed by atoms with E-state index in [0.717, 1.165) is 33.9 Å². The zero-order valence-corrected chi connectivity index (χ0v) is 13.0. The highest BCUT2D eigenvalue weighted by Gasteiger charge is 2.20. The van der Waals surface area contributed by atoms with Crippen LogP contribution in [0.2, 0.25) is 5.02 Å². The summed E-state index contributed by atoms with van der Waals surface area (Å²) in [6.45, 7) is 6.88. The van der Waals surface area contributed by atoms with Gasteiger partial charge in [-0.05, 0) is 50.9 Å². The molecule has 2 N–H and O–H groups in total. The Morgan fingerprint density at radius 1 is 1.42 bits per heavy atom. The summed E-state index contributed by atoms with van der Waals surface area (Å²) in [4.78, 5) is 0. The fraction of sp³-hybridized carbons (Fsp3) is 0.600. The standard InChI is InChI=1S/C15H24ClNO2/c1-5-8-19-13-9-10(2)15(16)11(3)14(13)12(17-4)6-7-18/h9,12,17-18H,5-8H2,1-4H3. The quantitative estimate of drug-likeness (QED) is 0.807. The van der Waals surface area contributed by atoms with Gasteiger partial charge in [-0.15, -0.1) is 0 Å². The van der Waals surface area contributed by atoms with Crippen molar-refractivity contribution in [3.8, 4) is 5.75 Å². The second-order valence-electron chi connectivity index (χ2n) is 4.75. The van der Waals surface area contributed by atoms with Crippen molar-refractivity contribution in [1.82, 2.24) is 5.32 Å². The van der Waals surface area contributed by atoms with Crippen LogP contribution in [0.5, 0.6) is 5.75 Å². The summed E-state index contributed by atoms with van der Waals surface area (Å²) in [7, 11) is 1.89. The smallest absolute Gasteiger partial charge is 0.124 e. The van der Waals surface area contributed by atoms with Crippen molar-refractivity contribution in [1.29, 1.82) is 0 Å². The summed E-state index contributed by atoms with van der Waals surface area (Å²) in [6, 6.07) is 2.04. The molecule has 0 amide bonds. The zero-order chi connectivity index (χ0) is 14.4. The van der Waals surface area contributed by atoms with Crippen molar-refractivity contribution >= 4 is 11.6 Å². The summed E-state index contributed by atoms with van der Waals surface area (Å²) >= 11 is 6.34. The Balaban J connectivity index is 3.26. The monoisotopic (exact) mass is 285 g/mol. The van der Waals surface area contributed by atoms with E-state index in [1.807, 2.05) is 27.0 Å². The summed E-state index contributed by atoms with van der Waals surface area (Å²) in [5.74, 6) is 0.869. The van der Waals surface area contributed by atoms with Crippen LogP contribution in [0.15, 0.2) is 6.07 Å². The van der Waals surface area contributed by atoms with Gasteiger partial charge in [-0.2, -0.15) is 0 Å². The number of halogens is 1. The number of aliphatic hydroxyl groups excluding tert-OH is 1. The molecule has 0 aliphatic heterocycles. The Hall–Kier alpha value is -0.770. The third-order valence-electron chi connectivity index (χ3n) is 3.27. The molecule has 3 nitrogen and oxygen atoms in total. The highest BCUT2D eigenvalue weighted by molar-refractivity contribution is 6.32. The Morgan fingerprint density at radius 3 is 2.63 bits per heavy atom. The topological polar surface area (TPSA) is 41.5 Å². The molecule has 1 rings (SSSR count). The van der Waals surface area contributed by atoms with Gasteiger partial charge in [0.25, 0.3) is 0 Å². The summed E-state index contributed by atoms with van der Waals surface area (Å²) < 4.78 is 5.85. The van der Waals surface area contributed by atoms with E-state index in [1.165, 1.54) is 0 Å². The van der Waals surface area contributed by atoms with Crippen LogP contribution in [0.1, 0.15) is 42.5 Å². The Labute approximate surface area is 120 Å². The molecule has 0 saturated carbocycles. The molecule has 0 aromatic heterocycles. The van der Waals surface area contributed by atoms with Gasteiger partial charge in [0.05, 0.1) is 6.61 Å². The van der Waals surface area contributed by atoms with Gasteiger partial charge in [0.15, 0.2) is 0 Å². The maximum absolute atomic E-state index is 9.20. The number of rotatable bonds is 7. The maximum atomic E-state index is 9.20. The van der Waals surface area contributed by atoms with Gasteiger partial charge in [0.1, 0.15) is 5.75 Å². The van der Waals surface area contributed by atoms with Crippen LogP contribution in [-0.4, -0.2) is 25.4 Å². The average molecular weight is 286 g/mol. The van der Waals surface area contributed by atoms with E-state index in [9.17, 15) is 5.11 Å². The average Bonchev–Trinajstić information content (AvgIpc) is 2.41. The minimum absolute atomic E-state index is 0.0509. The van der Waals surface area contributed by atoms with Gasteiger partial charge < -0.3 is 15.2 Å². The van der Waals surface area contributed by atoms with Crippen LogP contribution in [0.25, 0.3) is 0 Å². The van der Waals surface area contributed by atoms with Crippen LogP contribution in [0.3, 0.4) is 0 Å². The lowest BCUT2D eigenvalue weighted by Crippen LogP contribution is -2.20. The van der Waals surface area contributed by atoms with E-state index in [2.05, 4.69) is 12.2 Å². The molecule has 0 aliphatic rings. The van der Waals surface area contributed by atoms with Crippen molar-refractivity contribution in [3.05, 3.63) is 27.8 Å². The first-order valence-corrected chi connectivity index (χ1v) is 7.15. The first kappa shape index (κ1) is 16.3. The Morgan fingerprint density at radius 2 is 2.11 bits per heavy atom. The molecule has 1 aromatic rings. The summed E-state index contributed by atoms with van der Waals surface area (Å²) in [6.07, 6.45) is 1.60. The second kappa shape index (κ2) is 7.73. The van der Waals surface area contributed by atoms with E-state index in [-0.39, 0.29) is 12.6 Å². The molecular weight excluding hydrogens is 262 g/mol. The fourth-order valence-corrected chi connectivity index (χ4v) is 2.42. The SMILES string of the molecule is CCCOc1cc(C)c(Cl)c(C)c1C(CCO)NC. The molecule has 0 aliphatic carbocycles. The molecule has 108 valence electrons. The Kier molecular flexibility index (Phi) is 6.63. The third-order valence-corrected chi connectivity index (χ3v) is 3.85. The molecule has 0 spiro atoms. The normalized spacial score (nSPS) is 12.5. The minimum Gasteiger partial charge on any atom is -0.493 e. The van der Waals surface area contributed by atoms with Crippen LogP contribution in [-0.2, 0) is 0 Å². The maximum Gasteiger partial charge on any atom is 0.124 e. The number of aliphatic hydroxyl groups is 1. The Bertz CT molecular complexity index is 421. The number of hydrogen-bond donors (Lipinski definition) is 2. The number of ether oxygens (including phenoxy) is 1. The van der Waals surface area contributed by atoms with Crippen molar-refractivity contribution < 1.29 is 9.84 Å². The molecule has 0 bridgehead atoms.